The number of alkyl halides is 2. The topological polar surface area (TPSA) is 50.2 Å². The van der Waals surface area contributed by atoms with Crippen molar-refractivity contribution in [2.75, 3.05) is 18.4 Å². The second-order valence-electron chi connectivity index (χ2n) is 7.51. The van der Waals surface area contributed by atoms with Gasteiger partial charge in [0.25, 0.3) is 5.92 Å². The van der Waals surface area contributed by atoms with E-state index in [4.69, 9.17) is 0 Å². The van der Waals surface area contributed by atoms with Crippen molar-refractivity contribution in [1.82, 2.24) is 14.7 Å². The first-order valence-corrected chi connectivity index (χ1v) is 8.35. The molecule has 140 valence electrons. The number of carbonyl (C=O) groups excluding carboxylic acids is 1. The van der Waals surface area contributed by atoms with E-state index in [9.17, 15) is 18.0 Å². The lowest BCUT2D eigenvalue weighted by molar-refractivity contribution is 0.0159. The Morgan fingerprint density at radius 2 is 1.88 bits per heavy atom. The lowest BCUT2D eigenvalue weighted by atomic mass is 9.92. The molecular weight excluding hydrogens is 345 g/mol. The van der Waals surface area contributed by atoms with Gasteiger partial charge in [-0.15, -0.1) is 0 Å². The highest BCUT2D eigenvalue weighted by Gasteiger charge is 2.40. The molecule has 1 N–H and O–H groups in total. The molecule has 1 aliphatic heterocycles. The molecule has 5 nitrogen and oxygen atoms in total. The predicted octanol–water partition coefficient (Wildman–Crippen LogP) is 4.18. The van der Waals surface area contributed by atoms with Crippen LogP contribution in [0.15, 0.2) is 30.3 Å². The summed E-state index contributed by atoms with van der Waals surface area (Å²) in [6.07, 6.45) is -0.342. The highest BCUT2D eigenvalue weighted by Crippen LogP contribution is 2.29. The van der Waals surface area contributed by atoms with E-state index in [2.05, 4.69) is 10.4 Å². The highest BCUT2D eigenvalue weighted by atomic mass is 19.3. The number of anilines is 1. The minimum Gasteiger partial charge on any atom is -0.318 e. The Kier molecular flexibility index (Phi) is 4.46. The van der Waals surface area contributed by atoms with E-state index < -0.39 is 18.5 Å². The summed E-state index contributed by atoms with van der Waals surface area (Å²) in [6.45, 7) is 5.30. The molecule has 0 spiro atoms. The molecule has 8 heteroatoms. The first-order chi connectivity index (χ1) is 12.0. The van der Waals surface area contributed by atoms with E-state index >= 15 is 0 Å². The van der Waals surface area contributed by atoms with Gasteiger partial charge in [0.05, 0.1) is 17.9 Å². The molecule has 1 aromatic heterocycles. The predicted molar refractivity (Wildman–Crippen MR) is 92.4 cm³/mol. The zero-order valence-corrected chi connectivity index (χ0v) is 14.9. The molecule has 1 aliphatic rings. The van der Waals surface area contributed by atoms with Gasteiger partial charge in [0, 0.05) is 24.4 Å². The first kappa shape index (κ1) is 18.3. The van der Waals surface area contributed by atoms with Gasteiger partial charge in [-0.05, 0) is 24.3 Å². The summed E-state index contributed by atoms with van der Waals surface area (Å²) in [4.78, 5) is 13.5. The number of hydrogen-bond donors (Lipinski definition) is 1. The average Bonchev–Trinajstić information content (AvgIpc) is 3.11. The first-order valence-electron chi connectivity index (χ1n) is 8.35. The Morgan fingerprint density at radius 3 is 2.42 bits per heavy atom. The van der Waals surface area contributed by atoms with Crippen LogP contribution in [0.4, 0.5) is 23.8 Å². The molecule has 26 heavy (non-hydrogen) atoms. The molecule has 1 fully saturated rings. The maximum Gasteiger partial charge on any atom is 0.323 e. The van der Waals surface area contributed by atoms with E-state index in [0.717, 1.165) is 4.90 Å². The number of urea groups is 1. The molecule has 2 aromatic rings. The fraction of sp³-hybridized carbons (Fsp3) is 0.444. The van der Waals surface area contributed by atoms with Crippen LogP contribution in [0.3, 0.4) is 0 Å². The van der Waals surface area contributed by atoms with Gasteiger partial charge < -0.3 is 4.90 Å². The molecule has 0 radical (unpaired) electrons. The van der Waals surface area contributed by atoms with E-state index in [0.29, 0.717) is 17.2 Å². The third kappa shape index (κ3) is 3.84. The summed E-state index contributed by atoms with van der Waals surface area (Å²) in [5, 5.41) is 7.16. The van der Waals surface area contributed by atoms with E-state index in [1.54, 1.807) is 6.07 Å². The van der Waals surface area contributed by atoms with Crippen molar-refractivity contribution in [3.8, 4) is 5.69 Å². The molecule has 0 unspecified atom stereocenters. The van der Waals surface area contributed by atoms with Crippen LogP contribution in [0.5, 0.6) is 0 Å². The number of aromatic nitrogens is 2. The number of amides is 2. The molecule has 3 rings (SSSR count). The van der Waals surface area contributed by atoms with Crippen molar-refractivity contribution in [2.45, 2.75) is 38.5 Å². The Labute approximate surface area is 149 Å². The van der Waals surface area contributed by atoms with E-state index in [-0.39, 0.29) is 24.2 Å². The van der Waals surface area contributed by atoms with Gasteiger partial charge in [-0.1, -0.05) is 20.8 Å². The number of benzene rings is 1. The van der Waals surface area contributed by atoms with Crippen LogP contribution < -0.4 is 5.32 Å². The minimum absolute atomic E-state index is 0.00432. The number of halogens is 3. The summed E-state index contributed by atoms with van der Waals surface area (Å²) in [7, 11) is 0. The second kappa shape index (κ2) is 6.34. The molecule has 0 saturated carbocycles. The van der Waals surface area contributed by atoms with Gasteiger partial charge in [-0.2, -0.15) is 5.10 Å². The van der Waals surface area contributed by atoms with Crippen LogP contribution in [0, 0.1) is 5.82 Å². The van der Waals surface area contributed by atoms with Crippen molar-refractivity contribution in [3.63, 3.8) is 0 Å². The molecule has 1 aromatic carbocycles. The fourth-order valence-electron chi connectivity index (χ4n) is 2.71. The Morgan fingerprint density at radius 1 is 1.23 bits per heavy atom. The summed E-state index contributed by atoms with van der Waals surface area (Å²) in [5.41, 5.74) is 0.985. The zero-order chi connectivity index (χ0) is 19.1. The lowest BCUT2D eigenvalue weighted by Crippen LogP contribution is -2.35. The summed E-state index contributed by atoms with van der Waals surface area (Å²) >= 11 is 0. The molecule has 0 aliphatic carbocycles. The normalized spacial score (nSPS) is 16.8. The van der Waals surface area contributed by atoms with Crippen LogP contribution >= 0.6 is 0 Å². The highest BCUT2D eigenvalue weighted by molar-refractivity contribution is 5.89. The van der Waals surface area contributed by atoms with Gasteiger partial charge in [-0.3, -0.25) is 5.32 Å². The van der Waals surface area contributed by atoms with Crippen LogP contribution in [0.25, 0.3) is 5.69 Å². The maximum atomic E-state index is 13.4. The van der Waals surface area contributed by atoms with E-state index in [1.165, 1.54) is 28.9 Å². The number of carbonyl (C=O) groups is 1. The molecule has 1 saturated heterocycles. The van der Waals surface area contributed by atoms with Crippen LogP contribution in [-0.2, 0) is 5.41 Å². The maximum absolute atomic E-state index is 13.4. The minimum atomic E-state index is -2.86. The summed E-state index contributed by atoms with van der Waals surface area (Å²) < 4.78 is 41.4. The van der Waals surface area contributed by atoms with Gasteiger partial charge >= 0.3 is 6.03 Å². The Bertz CT molecular complexity index is 809. The Balaban J connectivity index is 1.91. The standard InChI is InChI=1S/C18H21F3N4O/c1-17(2,3)14-10-15(22-16(26)24-9-8-18(20,21)11-24)25(23-14)13-6-4-12(19)5-7-13/h4-7,10H,8-9,11H2,1-3H3,(H,22,26). The molecular formula is C18H21F3N4O. The van der Waals surface area contributed by atoms with Crippen molar-refractivity contribution in [3.05, 3.63) is 41.8 Å². The number of rotatable bonds is 2. The van der Waals surface area contributed by atoms with Gasteiger partial charge in [-0.25, -0.2) is 22.6 Å². The van der Waals surface area contributed by atoms with Crippen molar-refractivity contribution >= 4 is 11.8 Å². The smallest absolute Gasteiger partial charge is 0.318 e. The summed E-state index contributed by atoms with van der Waals surface area (Å²) in [6, 6.07) is 6.75. The molecule has 2 heterocycles. The average molecular weight is 366 g/mol. The number of likely N-dealkylation sites (tertiary alicyclic amines) is 1. The largest absolute Gasteiger partial charge is 0.323 e. The van der Waals surface area contributed by atoms with Gasteiger partial charge in [0.2, 0.25) is 0 Å². The third-order valence-corrected chi connectivity index (χ3v) is 4.24. The van der Waals surface area contributed by atoms with Crippen LogP contribution in [0.2, 0.25) is 0 Å². The Hall–Kier alpha value is -2.51. The molecule has 0 atom stereocenters. The van der Waals surface area contributed by atoms with Crippen molar-refractivity contribution in [1.29, 1.82) is 0 Å². The van der Waals surface area contributed by atoms with Crippen molar-refractivity contribution in [2.24, 2.45) is 0 Å². The van der Waals surface area contributed by atoms with E-state index in [1.807, 2.05) is 20.8 Å². The van der Waals surface area contributed by atoms with Gasteiger partial charge in [0.1, 0.15) is 11.6 Å². The lowest BCUT2D eigenvalue weighted by Gasteiger charge is -2.17. The van der Waals surface area contributed by atoms with Crippen LogP contribution in [0.1, 0.15) is 32.9 Å². The van der Waals surface area contributed by atoms with Crippen LogP contribution in [-0.4, -0.2) is 39.7 Å². The van der Waals surface area contributed by atoms with Crippen molar-refractivity contribution < 1.29 is 18.0 Å². The quantitative estimate of drug-likeness (QED) is 0.867. The fourth-order valence-corrected chi connectivity index (χ4v) is 2.71. The SMILES string of the molecule is CC(C)(C)c1cc(NC(=O)N2CCC(F)(F)C2)n(-c2ccc(F)cc2)n1. The monoisotopic (exact) mass is 366 g/mol. The summed E-state index contributed by atoms with van der Waals surface area (Å²) in [5.74, 6) is -2.89. The molecule has 2 amide bonds. The number of nitrogens with one attached hydrogen (secondary N) is 1. The third-order valence-electron chi connectivity index (χ3n) is 4.24. The number of nitrogens with zero attached hydrogens (tertiary/aromatic N) is 3. The van der Waals surface area contributed by atoms with Gasteiger partial charge in [0.15, 0.2) is 0 Å². The molecule has 0 bridgehead atoms. The second-order valence-corrected chi connectivity index (χ2v) is 7.51. The zero-order valence-electron chi connectivity index (χ0n) is 14.9. The number of hydrogen-bond acceptors (Lipinski definition) is 2.